The van der Waals surface area contributed by atoms with Gasteiger partial charge in [0.05, 0.1) is 0 Å². The number of amides is 2. The van der Waals surface area contributed by atoms with Crippen LogP contribution in [-0.4, -0.2) is 35.3 Å². The zero-order chi connectivity index (χ0) is 16.6. The van der Waals surface area contributed by atoms with E-state index in [2.05, 4.69) is 17.4 Å². The van der Waals surface area contributed by atoms with E-state index in [9.17, 15) is 9.59 Å². The van der Waals surface area contributed by atoms with Gasteiger partial charge in [0.15, 0.2) is 0 Å². The topological polar surface area (TPSA) is 49.4 Å². The number of benzene rings is 1. The number of nitrogens with zero attached hydrogens (tertiary/aromatic N) is 1. The number of carbonyl (C=O) groups excluding carboxylic acids is 2. The minimum absolute atomic E-state index is 0.0122. The Hall–Kier alpha value is -1.84. The lowest BCUT2D eigenvalue weighted by atomic mass is 10.1. The van der Waals surface area contributed by atoms with Crippen LogP contribution in [0.25, 0.3) is 0 Å². The quantitative estimate of drug-likeness (QED) is 0.842. The molecular formula is C18H28N2O2. The summed E-state index contributed by atoms with van der Waals surface area (Å²) in [4.78, 5) is 25.3. The van der Waals surface area contributed by atoms with E-state index in [1.54, 1.807) is 11.8 Å². The number of nitrogens with one attached hydrogen (secondary N) is 1. The first-order valence-corrected chi connectivity index (χ1v) is 7.88. The number of hydrogen-bond acceptors (Lipinski definition) is 2. The van der Waals surface area contributed by atoms with Crippen molar-refractivity contribution in [3.63, 3.8) is 0 Å². The standard InChI is InChI=1S/C18H28N2O2/c1-15(21)20(14-12-17(22)19-18(2,3)4)13-8-11-16-9-6-5-7-10-16/h5-7,9-10H,8,11-14H2,1-4H3,(H,19,22). The van der Waals surface area contributed by atoms with Crippen LogP contribution in [0.4, 0.5) is 0 Å². The summed E-state index contributed by atoms with van der Waals surface area (Å²) in [6.45, 7) is 8.58. The van der Waals surface area contributed by atoms with Crippen LogP contribution in [0.2, 0.25) is 0 Å². The Morgan fingerprint density at radius 3 is 2.27 bits per heavy atom. The van der Waals surface area contributed by atoms with Gasteiger partial charge < -0.3 is 10.2 Å². The Morgan fingerprint density at radius 1 is 1.09 bits per heavy atom. The molecule has 0 aromatic heterocycles. The molecule has 0 radical (unpaired) electrons. The van der Waals surface area contributed by atoms with Crippen molar-refractivity contribution in [2.45, 2.75) is 52.5 Å². The smallest absolute Gasteiger partial charge is 0.222 e. The third kappa shape index (κ3) is 7.81. The highest BCUT2D eigenvalue weighted by atomic mass is 16.2. The van der Waals surface area contributed by atoms with E-state index in [4.69, 9.17) is 0 Å². The summed E-state index contributed by atoms with van der Waals surface area (Å²) in [5, 5.41) is 2.92. The van der Waals surface area contributed by atoms with Crippen molar-refractivity contribution in [2.75, 3.05) is 13.1 Å². The summed E-state index contributed by atoms with van der Waals surface area (Å²) in [5.74, 6) is 0.0124. The molecule has 0 unspecified atom stereocenters. The van der Waals surface area contributed by atoms with Gasteiger partial charge in [-0.05, 0) is 39.2 Å². The molecule has 4 heteroatoms. The summed E-state index contributed by atoms with van der Waals surface area (Å²) in [5.41, 5.74) is 1.04. The molecule has 0 saturated heterocycles. The van der Waals surface area contributed by atoms with E-state index >= 15 is 0 Å². The maximum absolute atomic E-state index is 11.8. The van der Waals surface area contributed by atoms with Crippen molar-refractivity contribution in [1.82, 2.24) is 10.2 Å². The first kappa shape index (κ1) is 18.2. The van der Waals surface area contributed by atoms with Crippen molar-refractivity contribution < 1.29 is 9.59 Å². The van der Waals surface area contributed by atoms with Crippen molar-refractivity contribution >= 4 is 11.8 Å². The van der Waals surface area contributed by atoms with Crippen LogP contribution in [0.15, 0.2) is 30.3 Å². The molecule has 1 aromatic rings. The molecule has 0 fully saturated rings. The minimum Gasteiger partial charge on any atom is -0.351 e. The first-order valence-electron chi connectivity index (χ1n) is 7.88. The molecular weight excluding hydrogens is 276 g/mol. The molecule has 0 atom stereocenters. The lowest BCUT2D eigenvalue weighted by Crippen LogP contribution is -2.42. The van der Waals surface area contributed by atoms with Gasteiger partial charge in [0.2, 0.25) is 11.8 Å². The third-order valence-corrected chi connectivity index (χ3v) is 3.30. The summed E-state index contributed by atoms with van der Waals surface area (Å²) in [6, 6.07) is 10.2. The fourth-order valence-corrected chi connectivity index (χ4v) is 2.26. The second-order valence-electron chi connectivity index (χ2n) is 6.64. The summed E-state index contributed by atoms with van der Waals surface area (Å²) < 4.78 is 0. The van der Waals surface area contributed by atoms with Gasteiger partial charge in [-0.2, -0.15) is 0 Å². The van der Waals surface area contributed by atoms with Crippen molar-refractivity contribution in [1.29, 1.82) is 0 Å². The summed E-state index contributed by atoms with van der Waals surface area (Å²) >= 11 is 0. The van der Waals surface area contributed by atoms with E-state index in [-0.39, 0.29) is 17.4 Å². The Labute approximate surface area is 133 Å². The monoisotopic (exact) mass is 304 g/mol. The molecule has 4 nitrogen and oxygen atoms in total. The number of rotatable bonds is 7. The van der Waals surface area contributed by atoms with Gasteiger partial charge in [-0.1, -0.05) is 30.3 Å². The van der Waals surface area contributed by atoms with Crippen molar-refractivity contribution in [2.24, 2.45) is 0 Å². The average Bonchev–Trinajstić information content (AvgIpc) is 2.41. The molecule has 2 amide bonds. The van der Waals surface area contributed by atoms with Gasteiger partial charge >= 0.3 is 0 Å². The molecule has 0 bridgehead atoms. The highest BCUT2D eigenvalue weighted by Crippen LogP contribution is 2.05. The normalized spacial score (nSPS) is 11.1. The maximum atomic E-state index is 11.8. The minimum atomic E-state index is -0.231. The van der Waals surface area contributed by atoms with Gasteiger partial charge in [0.1, 0.15) is 0 Å². The second kappa shape index (κ2) is 8.57. The van der Waals surface area contributed by atoms with E-state index in [1.807, 2.05) is 39.0 Å². The Bertz CT molecular complexity index is 478. The van der Waals surface area contributed by atoms with E-state index in [0.717, 1.165) is 12.8 Å². The van der Waals surface area contributed by atoms with Crippen LogP contribution in [0.3, 0.4) is 0 Å². The maximum Gasteiger partial charge on any atom is 0.222 e. The number of aryl methyl sites for hydroxylation is 1. The van der Waals surface area contributed by atoms with Crippen LogP contribution in [0.5, 0.6) is 0 Å². The largest absolute Gasteiger partial charge is 0.351 e. The SMILES string of the molecule is CC(=O)N(CCCc1ccccc1)CCC(=O)NC(C)(C)C. The highest BCUT2D eigenvalue weighted by molar-refractivity contribution is 5.78. The Morgan fingerprint density at radius 2 is 1.73 bits per heavy atom. The van der Waals surface area contributed by atoms with Crippen LogP contribution >= 0.6 is 0 Å². The zero-order valence-corrected chi connectivity index (χ0v) is 14.2. The average molecular weight is 304 g/mol. The molecule has 1 aromatic carbocycles. The number of hydrogen-bond donors (Lipinski definition) is 1. The van der Waals surface area contributed by atoms with E-state index in [0.29, 0.717) is 19.5 Å². The van der Waals surface area contributed by atoms with Gasteiger partial charge in [-0.3, -0.25) is 9.59 Å². The van der Waals surface area contributed by atoms with Crippen LogP contribution in [-0.2, 0) is 16.0 Å². The fraction of sp³-hybridized carbons (Fsp3) is 0.556. The van der Waals surface area contributed by atoms with Crippen molar-refractivity contribution in [3.8, 4) is 0 Å². The van der Waals surface area contributed by atoms with E-state index in [1.165, 1.54) is 5.56 Å². The molecule has 0 aliphatic rings. The van der Waals surface area contributed by atoms with Gasteiger partial charge in [0, 0.05) is 32.0 Å². The number of carbonyl (C=O) groups is 2. The van der Waals surface area contributed by atoms with Gasteiger partial charge in [-0.15, -0.1) is 0 Å². The lowest BCUT2D eigenvalue weighted by Gasteiger charge is -2.24. The van der Waals surface area contributed by atoms with E-state index < -0.39 is 0 Å². The Kier molecular flexibility index (Phi) is 7.09. The summed E-state index contributed by atoms with van der Waals surface area (Å²) in [6.07, 6.45) is 2.20. The molecule has 22 heavy (non-hydrogen) atoms. The molecule has 0 aliphatic heterocycles. The zero-order valence-electron chi connectivity index (χ0n) is 14.2. The first-order chi connectivity index (χ1) is 10.3. The molecule has 1 N–H and O–H groups in total. The van der Waals surface area contributed by atoms with Gasteiger partial charge in [0.25, 0.3) is 0 Å². The predicted octanol–water partition coefficient (Wildman–Crippen LogP) is 2.77. The predicted molar refractivity (Wildman–Crippen MR) is 89.5 cm³/mol. The molecule has 0 spiro atoms. The molecule has 0 aliphatic carbocycles. The fourth-order valence-electron chi connectivity index (χ4n) is 2.26. The van der Waals surface area contributed by atoms with Crippen LogP contribution in [0.1, 0.15) is 46.1 Å². The summed E-state index contributed by atoms with van der Waals surface area (Å²) in [7, 11) is 0. The van der Waals surface area contributed by atoms with Gasteiger partial charge in [-0.25, -0.2) is 0 Å². The highest BCUT2D eigenvalue weighted by Gasteiger charge is 2.15. The third-order valence-electron chi connectivity index (χ3n) is 3.30. The Balaban J connectivity index is 2.36. The lowest BCUT2D eigenvalue weighted by molar-refractivity contribution is -0.130. The molecule has 122 valence electrons. The van der Waals surface area contributed by atoms with Crippen LogP contribution < -0.4 is 5.32 Å². The molecule has 1 rings (SSSR count). The van der Waals surface area contributed by atoms with Crippen molar-refractivity contribution in [3.05, 3.63) is 35.9 Å². The van der Waals surface area contributed by atoms with Crippen LogP contribution in [0, 0.1) is 0 Å². The second-order valence-corrected chi connectivity index (χ2v) is 6.64. The molecule has 0 heterocycles. The molecule has 0 saturated carbocycles.